The van der Waals surface area contributed by atoms with E-state index in [0.717, 1.165) is 10.9 Å². The summed E-state index contributed by atoms with van der Waals surface area (Å²) in [5.41, 5.74) is 16.7. The van der Waals surface area contributed by atoms with E-state index in [-0.39, 0.29) is 5.54 Å². The number of hydrogen-bond acceptors (Lipinski definition) is 7. The molecule has 0 spiro atoms. The molecule has 0 aliphatic heterocycles. The smallest absolute Gasteiger partial charge is 0.223 e. The number of methoxy groups -OCH3 is 1. The zero-order valence-corrected chi connectivity index (χ0v) is 18.5. The summed E-state index contributed by atoms with van der Waals surface area (Å²) in [6.45, 7) is 6.19. The largest absolute Gasteiger partial charge is 0.494 e. The van der Waals surface area contributed by atoms with Crippen molar-refractivity contribution in [3.63, 3.8) is 0 Å². The topological polar surface area (TPSA) is 117 Å². The molecule has 1 saturated carbocycles. The molecule has 0 amide bonds. The molecular weight excluding hydrogens is 390 g/mol. The first kappa shape index (κ1) is 21.0. The van der Waals surface area contributed by atoms with E-state index in [0.29, 0.717) is 28.8 Å². The van der Waals surface area contributed by atoms with Gasteiger partial charge in [-0.25, -0.2) is 9.97 Å². The number of para-hydroxylation sites is 1. The van der Waals surface area contributed by atoms with Gasteiger partial charge in [-0.2, -0.15) is 9.61 Å². The van der Waals surface area contributed by atoms with Gasteiger partial charge in [0.25, 0.3) is 0 Å². The summed E-state index contributed by atoms with van der Waals surface area (Å²) in [5.74, 6) is 1.68. The fourth-order valence-electron chi connectivity index (χ4n) is 3.78. The zero-order chi connectivity index (χ0) is 22.2. The van der Waals surface area contributed by atoms with E-state index in [4.69, 9.17) is 16.2 Å². The van der Waals surface area contributed by atoms with E-state index < -0.39 is 0 Å². The maximum Gasteiger partial charge on any atom is 0.223 e. The molecule has 162 valence electrons. The molecule has 0 radical (unpaired) electrons. The molecule has 3 heterocycles. The van der Waals surface area contributed by atoms with E-state index in [2.05, 4.69) is 33.0 Å². The Balaban J connectivity index is 0.000000150. The van der Waals surface area contributed by atoms with Gasteiger partial charge in [0.1, 0.15) is 17.6 Å². The molecule has 8 nitrogen and oxygen atoms in total. The Morgan fingerprint density at radius 3 is 2.58 bits per heavy atom. The van der Waals surface area contributed by atoms with E-state index in [1.54, 1.807) is 7.11 Å². The molecule has 1 aromatic carbocycles. The van der Waals surface area contributed by atoms with Gasteiger partial charge < -0.3 is 16.2 Å². The van der Waals surface area contributed by atoms with Crippen LogP contribution in [0.3, 0.4) is 0 Å². The van der Waals surface area contributed by atoms with Gasteiger partial charge in [-0.15, -0.1) is 0 Å². The minimum Gasteiger partial charge on any atom is -0.494 e. The van der Waals surface area contributed by atoms with Crippen molar-refractivity contribution < 1.29 is 4.74 Å². The Bertz CT molecular complexity index is 1220. The quantitative estimate of drug-likeness (QED) is 0.519. The van der Waals surface area contributed by atoms with E-state index in [1.807, 2.05) is 38.2 Å². The number of ether oxygens (including phenoxy) is 1. The van der Waals surface area contributed by atoms with Crippen LogP contribution in [0.5, 0.6) is 5.75 Å². The minimum absolute atomic E-state index is 0.282. The number of hydrogen-bond donors (Lipinski definition) is 2. The average molecular weight is 420 g/mol. The van der Waals surface area contributed by atoms with Gasteiger partial charge in [0.15, 0.2) is 5.65 Å². The van der Waals surface area contributed by atoms with Crippen molar-refractivity contribution in [1.82, 2.24) is 24.6 Å². The minimum atomic E-state index is -0.282. The second-order valence-electron chi connectivity index (χ2n) is 8.60. The third kappa shape index (κ3) is 4.03. The Labute approximate surface area is 181 Å². The van der Waals surface area contributed by atoms with Crippen molar-refractivity contribution in [1.29, 1.82) is 0 Å². The Hall–Kier alpha value is -3.26. The summed E-state index contributed by atoms with van der Waals surface area (Å²) in [5, 5.41) is 4.87. The number of benzene rings is 1. The molecule has 0 unspecified atom stereocenters. The Morgan fingerprint density at radius 2 is 1.97 bits per heavy atom. The summed E-state index contributed by atoms with van der Waals surface area (Å²) in [6, 6.07) is 7.82. The molecule has 3 aromatic heterocycles. The lowest BCUT2D eigenvalue weighted by Gasteiger charge is -2.27. The van der Waals surface area contributed by atoms with E-state index in [9.17, 15) is 0 Å². The Morgan fingerprint density at radius 1 is 1.19 bits per heavy atom. The van der Waals surface area contributed by atoms with Crippen molar-refractivity contribution in [2.45, 2.75) is 51.5 Å². The van der Waals surface area contributed by atoms with Crippen LogP contribution in [0.2, 0.25) is 0 Å². The standard InChI is InChI=1S/C13H20N2.C10H9N5O/c1-9-7-11(13(2,3)14)8-15-12(9)10-5-4-6-10;1-16-7-4-2-3-6-8(7)14-10(11)15-9(6)12-5-13-15/h7-8,10H,4-6,14H2,1-3H3;2-5H,1H3,(H2,11,14). The molecule has 4 aromatic rings. The van der Waals surface area contributed by atoms with Crippen LogP contribution in [0.1, 0.15) is 55.8 Å². The fraction of sp³-hybridized carbons (Fsp3) is 0.391. The van der Waals surface area contributed by atoms with Crippen LogP contribution in [0.4, 0.5) is 5.95 Å². The van der Waals surface area contributed by atoms with Crippen LogP contribution >= 0.6 is 0 Å². The van der Waals surface area contributed by atoms with Crippen molar-refractivity contribution in [2.75, 3.05) is 12.8 Å². The third-order valence-corrected chi connectivity index (χ3v) is 5.81. The van der Waals surface area contributed by atoms with Crippen molar-refractivity contribution in [3.05, 3.63) is 53.6 Å². The summed E-state index contributed by atoms with van der Waals surface area (Å²) in [7, 11) is 1.60. The number of rotatable bonds is 3. The van der Waals surface area contributed by atoms with Crippen LogP contribution in [0, 0.1) is 6.92 Å². The molecule has 0 atom stereocenters. The third-order valence-electron chi connectivity index (χ3n) is 5.81. The Kier molecular flexibility index (Phi) is 5.49. The highest BCUT2D eigenvalue weighted by Crippen LogP contribution is 2.37. The van der Waals surface area contributed by atoms with Crippen LogP contribution < -0.4 is 16.2 Å². The van der Waals surface area contributed by atoms with Gasteiger partial charge in [0.2, 0.25) is 5.95 Å². The number of aryl methyl sites for hydroxylation is 1. The van der Waals surface area contributed by atoms with Crippen molar-refractivity contribution in [3.8, 4) is 5.75 Å². The lowest BCUT2D eigenvalue weighted by Crippen LogP contribution is -2.29. The molecule has 5 rings (SSSR count). The summed E-state index contributed by atoms with van der Waals surface area (Å²) in [6.07, 6.45) is 7.36. The summed E-state index contributed by atoms with van der Waals surface area (Å²) >= 11 is 0. The first-order valence-electron chi connectivity index (χ1n) is 10.5. The van der Waals surface area contributed by atoms with E-state index in [1.165, 1.54) is 41.4 Å². The predicted molar refractivity (Wildman–Crippen MR) is 122 cm³/mol. The molecule has 4 N–H and O–H groups in total. The molecule has 1 aliphatic rings. The van der Waals surface area contributed by atoms with Gasteiger partial charge in [-0.1, -0.05) is 18.6 Å². The molecule has 1 fully saturated rings. The summed E-state index contributed by atoms with van der Waals surface area (Å²) in [4.78, 5) is 13.0. The summed E-state index contributed by atoms with van der Waals surface area (Å²) < 4.78 is 6.73. The van der Waals surface area contributed by atoms with Crippen LogP contribution in [-0.4, -0.2) is 31.7 Å². The maximum absolute atomic E-state index is 6.06. The lowest BCUT2D eigenvalue weighted by atomic mass is 9.80. The first-order chi connectivity index (χ1) is 14.8. The van der Waals surface area contributed by atoms with Crippen LogP contribution in [-0.2, 0) is 5.54 Å². The first-order valence-corrected chi connectivity index (χ1v) is 10.5. The molecule has 8 heteroatoms. The number of nitrogen functional groups attached to an aromatic ring is 1. The highest BCUT2D eigenvalue weighted by atomic mass is 16.5. The molecular formula is C23H29N7O. The molecule has 0 bridgehead atoms. The highest BCUT2D eigenvalue weighted by molar-refractivity contribution is 5.95. The second-order valence-corrected chi connectivity index (χ2v) is 8.60. The zero-order valence-electron chi connectivity index (χ0n) is 18.5. The monoisotopic (exact) mass is 419 g/mol. The number of nitrogens with zero attached hydrogens (tertiary/aromatic N) is 5. The van der Waals surface area contributed by atoms with Gasteiger partial charge in [-0.3, -0.25) is 4.98 Å². The molecule has 31 heavy (non-hydrogen) atoms. The van der Waals surface area contributed by atoms with Gasteiger partial charge in [0, 0.05) is 28.7 Å². The normalized spacial score (nSPS) is 14.2. The molecule has 1 aliphatic carbocycles. The number of pyridine rings is 1. The average Bonchev–Trinajstić information content (AvgIpc) is 3.18. The highest BCUT2D eigenvalue weighted by Gasteiger charge is 2.24. The fourth-order valence-corrected chi connectivity index (χ4v) is 3.78. The van der Waals surface area contributed by atoms with Crippen LogP contribution in [0.25, 0.3) is 16.6 Å². The van der Waals surface area contributed by atoms with Gasteiger partial charge in [-0.05, 0) is 56.9 Å². The van der Waals surface area contributed by atoms with Gasteiger partial charge >= 0.3 is 0 Å². The van der Waals surface area contributed by atoms with Crippen molar-refractivity contribution in [2.24, 2.45) is 5.73 Å². The number of anilines is 1. The SMILES string of the molecule is COc1cccc2c1nc(N)n1ncnc21.Cc1cc(C(C)(C)N)cnc1C1CCC1. The lowest BCUT2D eigenvalue weighted by molar-refractivity contribution is 0.408. The van der Waals surface area contributed by atoms with Crippen LogP contribution in [0.15, 0.2) is 36.8 Å². The predicted octanol–water partition coefficient (Wildman–Crippen LogP) is 3.72. The van der Waals surface area contributed by atoms with E-state index >= 15 is 0 Å². The molecule has 0 saturated heterocycles. The van der Waals surface area contributed by atoms with Crippen molar-refractivity contribution >= 4 is 22.5 Å². The number of aromatic nitrogens is 5. The second kappa shape index (κ2) is 8.11. The maximum atomic E-state index is 6.06. The number of fused-ring (bicyclic) bond motifs is 3. The number of nitrogens with two attached hydrogens (primary N) is 2. The van der Waals surface area contributed by atoms with Gasteiger partial charge in [0.05, 0.1) is 7.11 Å².